The van der Waals surface area contributed by atoms with Gasteiger partial charge in [-0.1, -0.05) is 0 Å². The van der Waals surface area contributed by atoms with Gasteiger partial charge in [-0.2, -0.15) is 0 Å². The van der Waals surface area contributed by atoms with Crippen molar-refractivity contribution in [2.45, 2.75) is 19.4 Å². The van der Waals surface area contributed by atoms with Crippen molar-refractivity contribution in [3.63, 3.8) is 0 Å². The number of nitrogens with zero attached hydrogens (tertiary/aromatic N) is 1. The van der Waals surface area contributed by atoms with E-state index in [0.717, 1.165) is 25.9 Å². The third-order valence-electron chi connectivity index (χ3n) is 3.56. The molecule has 0 amide bonds. The molecule has 2 N–H and O–H groups in total. The Bertz CT molecular complexity index is 418. The van der Waals surface area contributed by atoms with Crippen LogP contribution in [-0.2, 0) is 6.54 Å². The van der Waals surface area contributed by atoms with Crippen LogP contribution >= 0.6 is 15.9 Å². The summed E-state index contributed by atoms with van der Waals surface area (Å²) < 4.78 is 27.8. The zero-order valence-corrected chi connectivity index (χ0v) is 11.7. The van der Waals surface area contributed by atoms with Gasteiger partial charge in [0.2, 0.25) is 0 Å². The average molecular weight is 319 g/mol. The maximum absolute atomic E-state index is 13.8. The molecule has 0 bridgehead atoms. The molecule has 2 rings (SSSR count). The summed E-state index contributed by atoms with van der Waals surface area (Å²) in [6.07, 6.45) is 2.02. The maximum Gasteiger partial charge on any atom is 0.144 e. The van der Waals surface area contributed by atoms with Gasteiger partial charge in [0.25, 0.3) is 0 Å². The van der Waals surface area contributed by atoms with Gasteiger partial charge in [-0.05, 0) is 66.5 Å². The first-order chi connectivity index (χ1) is 8.61. The van der Waals surface area contributed by atoms with Gasteiger partial charge in [0.15, 0.2) is 0 Å². The third-order valence-corrected chi connectivity index (χ3v) is 4.17. The Morgan fingerprint density at radius 2 is 1.94 bits per heavy atom. The molecule has 1 aromatic carbocycles. The van der Waals surface area contributed by atoms with E-state index in [1.54, 1.807) is 0 Å². The molecule has 0 saturated carbocycles. The van der Waals surface area contributed by atoms with Crippen molar-refractivity contribution in [1.82, 2.24) is 4.90 Å². The van der Waals surface area contributed by atoms with Crippen molar-refractivity contribution >= 4 is 15.9 Å². The number of piperidine rings is 1. The minimum absolute atomic E-state index is 0.149. The fourth-order valence-corrected chi connectivity index (χ4v) is 2.69. The van der Waals surface area contributed by atoms with Gasteiger partial charge in [-0.3, -0.25) is 4.90 Å². The van der Waals surface area contributed by atoms with E-state index < -0.39 is 11.6 Å². The van der Waals surface area contributed by atoms with E-state index in [1.165, 1.54) is 12.1 Å². The van der Waals surface area contributed by atoms with E-state index in [0.29, 0.717) is 23.5 Å². The highest BCUT2D eigenvalue weighted by Gasteiger charge is 2.21. The molecule has 2 nitrogen and oxygen atoms in total. The molecule has 0 spiro atoms. The summed E-state index contributed by atoms with van der Waals surface area (Å²) in [6, 6.07) is 2.70. The topological polar surface area (TPSA) is 29.3 Å². The monoisotopic (exact) mass is 318 g/mol. The SMILES string of the molecule is NCC1CCN(Cc2c(F)ccc(Br)c2F)CC1. The Hall–Kier alpha value is -0.520. The van der Waals surface area contributed by atoms with Gasteiger partial charge in [0.1, 0.15) is 11.6 Å². The van der Waals surface area contributed by atoms with Crippen LogP contribution in [-0.4, -0.2) is 24.5 Å². The molecular formula is C13H17BrF2N2. The first-order valence-corrected chi connectivity index (χ1v) is 6.96. The predicted octanol–water partition coefficient (Wildman–Crippen LogP) is 2.90. The highest BCUT2D eigenvalue weighted by atomic mass is 79.9. The smallest absolute Gasteiger partial charge is 0.144 e. The van der Waals surface area contributed by atoms with Crippen LogP contribution in [0, 0.1) is 17.6 Å². The Kier molecular flexibility index (Phi) is 4.70. The number of halogens is 3. The number of nitrogens with two attached hydrogens (primary N) is 1. The van der Waals surface area contributed by atoms with Gasteiger partial charge in [-0.25, -0.2) is 8.78 Å². The lowest BCUT2D eigenvalue weighted by atomic mass is 9.97. The zero-order valence-electron chi connectivity index (χ0n) is 10.1. The van der Waals surface area contributed by atoms with Gasteiger partial charge >= 0.3 is 0 Å². The summed E-state index contributed by atoms with van der Waals surface area (Å²) in [5.41, 5.74) is 5.77. The van der Waals surface area contributed by atoms with Crippen molar-refractivity contribution in [1.29, 1.82) is 0 Å². The third kappa shape index (κ3) is 3.08. The van der Waals surface area contributed by atoms with Gasteiger partial charge < -0.3 is 5.73 Å². The first kappa shape index (κ1) is 13.9. The molecule has 1 heterocycles. The summed E-state index contributed by atoms with van der Waals surface area (Å²) >= 11 is 3.09. The number of rotatable bonds is 3. The summed E-state index contributed by atoms with van der Waals surface area (Å²) in [5, 5.41) is 0. The molecule has 100 valence electrons. The Morgan fingerprint density at radius 1 is 1.28 bits per heavy atom. The van der Waals surface area contributed by atoms with Crippen molar-refractivity contribution in [2.75, 3.05) is 19.6 Å². The number of hydrogen-bond acceptors (Lipinski definition) is 2. The van der Waals surface area contributed by atoms with E-state index in [9.17, 15) is 8.78 Å². The molecule has 1 aromatic rings. The molecule has 1 aliphatic heterocycles. The minimum Gasteiger partial charge on any atom is -0.330 e. The lowest BCUT2D eigenvalue weighted by Gasteiger charge is -2.31. The maximum atomic E-state index is 13.8. The van der Waals surface area contributed by atoms with Gasteiger partial charge in [0.05, 0.1) is 4.47 Å². The normalized spacial score (nSPS) is 18.2. The van der Waals surface area contributed by atoms with Gasteiger partial charge in [-0.15, -0.1) is 0 Å². The van der Waals surface area contributed by atoms with Crippen LogP contribution in [0.25, 0.3) is 0 Å². The molecule has 1 aliphatic rings. The first-order valence-electron chi connectivity index (χ1n) is 6.16. The van der Waals surface area contributed by atoms with Crippen LogP contribution in [0.1, 0.15) is 18.4 Å². The molecule has 5 heteroatoms. The number of likely N-dealkylation sites (tertiary alicyclic amines) is 1. The Balaban J connectivity index is 2.04. The molecule has 1 saturated heterocycles. The summed E-state index contributed by atoms with van der Waals surface area (Å²) in [4.78, 5) is 2.08. The minimum atomic E-state index is -0.490. The van der Waals surface area contributed by atoms with Crippen molar-refractivity contribution in [3.05, 3.63) is 33.8 Å². The van der Waals surface area contributed by atoms with Crippen molar-refractivity contribution in [2.24, 2.45) is 11.7 Å². The van der Waals surface area contributed by atoms with Crippen LogP contribution < -0.4 is 5.73 Å². The Labute approximate surface area is 114 Å². The summed E-state index contributed by atoms with van der Waals surface area (Å²) in [6.45, 7) is 2.74. The van der Waals surface area contributed by atoms with E-state index >= 15 is 0 Å². The van der Waals surface area contributed by atoms with E-state index in [4.69, 9.17) is 5.73 Å². The zero-order chi connectivity index (χ0) is 13.1. The van der Waals surface area contributed by atoms with E-state index in [-0.39, 0.29) is 5.56 Å². The second kappa shape index (κ2) is 6.08. The Morgan fingerprint density at radius 3 is 2.56 bits per heavy atom. The lowest BCUT2D eigenvalue weighted by Crippen LogP contribution is -2.36. The molecule has 0 aliphatic carbocycles. The number of hydrogen-bond donors (Lipinski definition) is 1. The summed E-state index contributed by atoms with van der Waals surface area (Å²) in [5.74, 6) is -0.411. The van der Waals surface area contributed by atoms with Crippen molar-refractivity contribution in [3.8, 4) is 0 Å². The van der Waals surface area contributed by atoms with E-state index in [1.807, 2.05) is 0 Å². The lowest BCUT2D eigenvalue weighted by molar-refractivity contribution is 0.176. The van der Waals surface area contributed by atoms with E-state index in [2.05, 4.69) is 20.8 Å². The molecule has 0 radical (unpaired) electrons. The van der Waals surface area contributed by atoms with Crippen LogP contribution in [0.15, 0.2) is 16.6 Å². The highest BCUT2D eigenvalue weighted by Crippen LogP contribution is 2.24. The number of benzene rings is 1. The van der Waals surface area contributed by atoms with Crippen LogP contribution in [0.5, 0.6) is 0 Å². The second-order valence-corrected chi connectivity index (χ2v) is 5.63. The molecule has 0 unspecified atom stereocenters. The molecule has 0 atom stereocenters. The largest absolute Gasteiger partial charge is 0.330 e. The standard InChI is InChI=1S/C13H17BrF2N2/c14-11-1-2-12(15)10(13(11)16)8-18-5-3-9(7-17)4-6-18/h1-2,9H,3-8,17H2. The predicted molar refractivity (Wildman–Crippen MR) is 71.1 cm³/mol. The summed E-state index contributed by atoms with van der Waals surface area (Å²) in [7, 11) is 0. The quantitative estimate of drug-likeness (QED) is 0.868. The van der Waals surface area contributed by atoms with Crippen LogP contribution in [0.3, 0.4) is 0 Å². The van der Waals surface area contributed by atoms with Gasteiger partial charge in [0, 0.05) is 12.1 Å². The fourth-order valence-electron chi connectivity index (χ4n) is 2.32. The molecule has 0 aromatic heterocycles. The van der Waals surface area contributed by atoms with Crippen LogP contribution in [0.4, 0.5) is 8.78 Å². The second-order valence-electron chi connectivity index (χ2n) is 4.78. The molecule has 18 heavy (non-hydrogen) atoms. The fraction of sp³-hybridized carbons (Fsp3) is 0.538. The molecular weight excluding hydrogens is 302 g/mol. The van der Waals surface area contributed by atoms with Crippen molar-refractivity contribution < 1.29 is 8.78 Å². The highest BCUT2D eigenvalue weighted by molar-refractivity contribution is 9.10. The average Bonchev–Trinajstić information content (AvgIpc) is 2.40. The molecule has 1 fully saturated rings. The van der Waals surface area contributed by atoms with Crippen LogP contribution in [0.2, 0.25) is 0 Å².